The molecule has 4 aromatic carbocycles. The second-order valence-electron chi connectivity index (χ2n) is 18.9. The SMILES string of the molecule is CCC(CC)C(=O)/C=C(\O)C(C)(CC)CC.[2H]c1nc(-c2[c-]c(C)cc(C)c2)c2ccc(C3CCCCC3)cc2c1[2H].[2H]c1nc(-c2[c-]c(C)cc(C)c2)c2ccc(C3CCCCC3)cc2c1[2H].[Ir]. The summed E-state index contributed by atoms with van der Waals surface area (Å²) >= 11 is 0. The molecule has 1 radical (unpaired) electrons. The van der Waals surface area contributed by atoms with Crippen molar-refractivity contribution in [3.05, 3.63) is 142 Å². The van der Waals surface area contributed by atoms with Crippen molar-refractivity contribution >= 4 is 27.3 Å². The van der Waals surface area contributed by atoms with E-state index >= 15 is 0 Å². The van der Waals surface area contributed by atoms with E-state index in [1.54, 1.807) is 0 Å². The first-order valence-electron chi connectivity index (χ1n) is 26.3. The monoisotopic (exact) mass is 1050 g/mol. The van der Waals surface area contributed by atoms with Crippen LogP contribution in [0.2, 0.25) is 0 Å². The van der Waals surface area contributed by atoms with Gasteiger partial charge in [0.25, 0.3) is 0 Å². The Bertz CT molecular complexity index is 2550. The van der Waals surface area contributed by atoms with Crippen LogP contribution in [0.25, 0.3) is 44.1 Å². The van der Waals surface area contributed by atoms with Crippen LogP contribution >= 0.6 is 0 Å². The van der Waals surface area contributed by atoms with Crippen molar-refractivity contribution in [1.82, 2.24) is 9.97 Å². The molecule has 2 heterocycles. The van der Waals surface area contributed by atoms with Crippen molar-refractivity contribution in [1.29, 1.82) is 0 Å². The standard InChI is InChI=1S/2C23H24N.C14H26O2.Ir/c2*1-16-12-17(2)14-21(13-16)23-22-9-8-19(15-20(22)10-11-24-23)18-6-4-3-5-7-18;1-6-11(7-2)12(15)10-13(16)14(5,8-3)9-4;/h2*8-13,15,18H,3-7H2,1-2H3;10-11,16H,6-9H2,1-5H3;/q2*-1;;/b;;13-10-;/i2*10D,11D;;. The van der Waals surface area contributed by atoms with Crippen LogP contribution < -0.4 is 0 Å². The number of carbonyl (C=O) groups excluding carboxylic acids is 1. The molecule has 5 heteroatoms. The van der Waals surface area contributed by atoms with E-state index in [-0.39, 0.29) is 67.4 Å². The number of aliphatic hydroxyl groups excluding tert-OH is 1. The maximum Gasteiger partial charge on any atom is 0.162 e. The Morgan fingerprint density at radius 3 is 1.48 bits per heavy atom. The number of carbonyl (C=O) groups is 1. The number of fused-ring (bicyclic) bond motifs is 2. The van der Waals surface area contributed by atoms with E-state index < -0.39 is 0 Å². The topological polar surface area (TPSA) is 63.1 Å². The summed E-state index contributed by atoms with van der Waals surface area (Å²) in [6.07, 6.45) is 17.7. The van der Waals surface area contributed by atoms with E-state index in [4.69, 9.17) is 5.48 Å². The number of benzene rings is 4. The molecule has 65 heavy (non-hydrogen) atoms. The van der Waals surface area contributed by atoms with Crippen LogP contribution in [0.5, 0.6) is 0 Å². The quantitative estimate of drug-likeness (QED) is 0.0798. The van der Waals surface area contributed by atoms with Crippen LogP contribution in [0.15, 0.2) is 96.9 Å². The molecule has 0 amide bonds. The summed E-state index contributed by atoms with van der Waals surface area (Å²) in [5.74, 6) is 1.54. The van der Waals surface area contributed by atoms with E-state index in [0.717, 1.165) is 92.0 Å². The summed E-state index contributed by atoms with van der Waals surface area (Å²) in [4.78, 5) is 20.7. The Hall–Kier alpha value is -4.44. The van der Waals surface area contributed by atoms with Crippen LogP contribution in [0.1, 0.15) is 175 Å². The molecule has 1 N–H and O–H groups in total. The second kappa shape index (κ2) is 24.4. The number of hydrogen-bond acceptors (Lipinski definition) is 4. The zero-order chi connectivity index (χ0) is 49.3. The van der Waals surface area contributed by atoms with Crippen LogP contribution in [-0.4, -0.2) is 20.9 Å². The Balaban J connectivity index is 0.000000199. The van der Waals surface area contributed by atoms with Gasteiger partial charge in [-0.2, -0.15) is 0 Å². The van der Waals surface area contributed by atoms with E-state index in [2.05, 4.69) is 96.6 Å². The number of nitrogens with zero attached hydrogens (tertiary/aromatic N) is 2. The second-order valence-corrected chi connectivity index (χ2v) is 18.9. The maximum atomic E-state index is 11.9. The Kier molecular flexibility index (Phi) is 17.1. The molecule has 2 aliphatic carbocycles. The smallest absolute Gasteiger partial charge is 0.162 e. The first-order chi connectivity index (χ1) is 32.5. The zero-order valence-electron chi connectivity index (χ0n) is 44.6. The van der Waals surface area contributed by atoms with Crippen LogP contribution in [0, 0.1) is 51.2 Å². The largest absolute Gasteiger partial charge is 0.512 e. The third kappa shape index (κ3) is 13.4. The van der Waals surface area contributed by atoms with Crippen molar-refractivity contribution in [2.75, 3.05) is 0 Å². The summed E-state index contributed by atoms with van der Waals surface area (Å²) in [5.41, 5.74) is 10.2. The van der Waals surface area contributed by atoms with Crippen molar-refractivity contribution in [2.45, 2.75) is 164 Å². The van der Waals surface area contributed by atoms with E-state index in [9.17, 15) is 9.90 Å². The van der Waals surface area contributed by atoms with Gasteiger partial charge in [-0.25, -0.2) is 0 Å². The Morgan fingerprint density at radius 1 is 0.692 bits per heavy atom. The molecular weight excluding hydrogens is 973 g/mol. The third-order valence-electron chi connectivity index (χ3n) is 14.1. The number of hydrogen-bond donors (Lipinski definition) is 1. The molecule has 0 saturated heterocycles. The molecule has 2 aliphatic rings. The fraction of sp³-hybridized carbons (Fsp3) is 0.450. The van der Waals surface area contributed by atoms with E-state index in [1.807, 2.05) is 48.5 Å². The summed E-state index contributed by atoms with van der Waals surface area (Å²) in [7, 11) is 0. The normalized spacial score (nSPS) is 15.8. The van der Waals surface area contributed by atoms with Gasteiger partial charge in [-0.3, -0.25) is 4.79 Å². The average molecular weight is 1050 g/mol. The molecule has 347 valence electrons. The number of aryl methyl sites for hydroxylation is 4. The van der Waals surface area contributed by atoms with Gasteiger partial charge in [-0.15, -0.1) is 69.8 Å². The third-order valence-corrected chi connectivity index (χ3v) is 14.1. The summed E-state index contributed by atoms with van der Waals surface area (Å²) in [6, 6.07) is 28.4. The fourth-order valence-corrected chi connectivity index (χ4v) is 9.72. The number of allylic oxidation sites excluding steroid dienone is 2. The van der Waals surface area contributed by atoms with Crippen molar-refractivity contribution in [3.63, 3.8) is 0 Å². The van der Waals surface area contributed by atoms with Gasteiger partial charge in [-0.05, 0) is 119 Å². The molecule has 0 unspecified atom stereocenters. The fourth-order valence-electron chi connectivity index (χ4n) is 9.72. The number of aliphatic hydroxyl groups is 1. The van der Waals surface area contributed by atoms with Gasteiger partial charge in [0.15, 0.2) is 5.78 Å². The van der Waals surface area contributed by atoms with Crippen LogP contribution in [0.3, 0.4) is 0 Å². The Morgan fingerprint density at radius 2 is 1.11 bits per heavy atom. The minimum Gasteiger partial charge on any atom is -0.512 e. The van der Waals surface area contributed by atoms with Gasteiger partial charge in [0, 0.05) is 49.9 Å². The molecule has 2 saturated carbocycles. The van der Waals surface area contributed by atoms with E-state index in [0.29, 0.717) is 11.8 Å². The first kappa shape index (κ1) is 45.7. The number of ketones is 1. The predicted molar refractivity (Wildman–Crippen MR) is 271 cm³/mol. The zero-order valence-corrected chi connectivity index (χ0v) is 43.0. The van der Waals surface area contributed by atoms with Gasteiger partial charge in [0.1, 0.15) is 5.76 Å². The average Bonchev–Trinajstić information content (AvgIpc) is 3.34. The minimum absolute atomic E-state index is 0. The molecule has 0 aliphatic heterocycles. The number of aromatic nitrogens is 2. The van der Waals surface area contributed by atoms with E-state index in [1.165, 1.54) is 81.4 Å². The summed E-state index contributed by atoms with van der Waals surface area (Å²) in [5, 5.41) is 13.6. The van der Waals surface area contributed by atoms with Crippen LogP contribution in [-0.2, 0) is 24.9 Å². The van der Waals surface area contributed by atoms with Gasteiger partial charge >= 0.3 is 0 Å². The molecule has 0 spiro atoms. The molecule has 4 nitrogen and oxygen atoms in total. The van der Waals surface area contributed by atoms with Crippen LogP contribution in [0.4, 0.5) is 0 Å². The molecule has 2 fully saturated rings. The predicted octanol–water partition coefficient (Wildman–Crippen LogP) is 17.0. The van der Waals surface area contributed by atoms with Crippen molar-refractivity contribution in [3.8, 4) is 22.5 Å². The summed E-state index contributed by atoms with van der Waals surface area (Å²) < 4.78 is 33.2. The first-order valence-corrected chi connectivity index (χ1v) is 24.3. The number of rotatable bonds is 11. The molecule has 0 atom stereocenters. The maximum absolute atomic E-state index is 11.9. The van der Waals surface area contributed by atoms with Gasteiger partial charge < -0.3 is 15.1 Å². The van der Waals surface area contributed by atoms with Gasteiger partial charge in [0.2, 0.25) is 0 Å². The molecule has 6 aromatic rings. The summed E-state index contributed by atoms with van der Waals surface area (Å²) in [6.45, 7) is 18.3. The van der Waals surface area contributed by atoms with Crippen molar-refractivity contribution < 1.29 is 35.5 Å². The van der Waals surface area contributed by atoms with Crippen molar-refractivity contribution in [2.24, 2.45) is 11.3 Å². The molecule has 8 rings (SSSR count). The molecule has 0 bridgehead atoms. The van der Waals surface area contributed by atoms with Gasteiger partial charge in [0.05, 0.1) is 5.48 Å². The van der Waals surface area contributed by atoms with Gasteiger partial charge in [-0.1, -0.05) is 137 Å². The molecular formula is C60H74IrN2O2-2. The molecule has 2 aromatic heterocycles. The minimum atomic E-state index is -0.248. The Labute approximate surface area is 411 Å². The number of pyridine rings is 2.